The summed E-state index contributed by atoms with van der Waals surface area (Å²) in [6.45, 7) is 6.43. The van der Waals surface area contributed by atoms with Gasteiger partial charge in [-0.15, -0.1) is 12.4 Å². The standard InChI is InChI=1S/C19H31N3O3S.ClH/c1-4-22(5-2)26(24,25)17-11-9-15(10-12-17)14(3)21-19(23)13-16-7-6-8-18(16)20;/h9-12,14,16,18H,4-8,13,20H2,1-3H3,(H,21,23);1H/t14?,16-,18+;/m0./s1. The van der Waals surface area contributed by atoms with E-state index < -0.39 is 10.0 Å². The Bertz CT molecular complexity index is 705. The molecule has 0 aliphatic heterocycles. The van der Waals surface area contributed by atoms with Gasteiger partial charge in [0, 0.05) is 25.6 Å². The number of halogens is 1. The van der Waals surface area contributed by atoms with Gasteiger partial charge in [0.25, 0.3) is 0 Å². The van der Waals surface area contributed by atoms with E-state index in [2.05, 4.69) is 5.32 Å². The fourth-order valence-electron chi connectivity index (χ4n) is 3.58. The van der Waals surface area contributed by atoms with E-state index >= 15 is 0 Å². The van der Waals surface area contributed by atoms with Gasteiger partial charge in [-0.3, -0.25) is 4.79 Å². The molecule has 0 heterocycles. The summed E-state index contributed by atoms with van der Waals surface area (Å²) in [5, 5.41) is 2.99. The van der Waals surface area contributed by atoms with Crippen molar-refractivity contribution in [1.82, 2.24) is 9.62 Å². The summed E-state index contributed by atoms with van der Waals surface area (Å²) >= 11 is 0. The van der Waals surface area contributed by atoms with Crippen molar-refractivity contribution in [2.75, 3.05) is 13.1 Å². The van der Waals surface area contributed by atoms with Crippen molar-refractivity contribution in [3.8, 4) is 0 Å². The van der Waals surface area contributed by atoms with E-state index in [0.717, 1.165) is 24.8 Å². The quantitative estimate of drug-likeness (QED) is 0.680. The van der Waals surface area contributed by atoms with Gasteiger partial charge in [-0.2, -0.15) is 4.31 Å². The number of hydrogen-bond acceptors (Lipinski definition) is 4. The largest absolute Gasteiger partial charge is 0.350 e. The predicted octanol–water partition coefficient (Wildman–Crippen LogP) is 2.83. The molecule has 2 rings (SSSR count). The molecular weight excluding hydrogens is 386 g/mol. The van der Waals surface area contributed by atoms with Crippen LogP contribution in [0.25, 0.3) is 0 Å². The molecule has 27 heavy (non-hydrogen) atoms. The first-order valence-corrected chi connectivity index (χ1v) is 10.9. The van der Waals surface area contributed by atoms with Crippen molar-refractivity contribution in [3.63, 3.8) is 0 Å². The highest BCUT2D eigenvalue weighted by atomic mass is 35.5. The number of benzene rings is 1. The second-order valence-electron chi connectivity index (χ2n) is 7.01. The van der Waals surface area contributed by atoms with Gasteiger partial charge < -0.3 is 11.1 Å². The molecule has 0 spiro atoms. The topological polar surface area (TPSA) is 92.5 Å². The van der Waals surface area contributed by atoms with Gasteiger partial charge in [-0.05, 0) is 43.4 Å². The minimum Gasteiger partial charge on any atom is -0.350 e. The summed E-state index contributed by atoms with van der Waals surface area (Å²) in [7, 11) is -3.46. The average molecular weight is 418 g/mol. The van der Waals surface area contributed by atoms with Crippen molar-refractivity contribution in [2.45, 2.75) is 63.4 Å². The monoisotopic (exact) mass is 417 g/mol. The van der Waals surface area contributed by atoms with Crippen LogP contribution >= 0.6 is 12.4 Å². The van der Waals surface area contributed by atoms with Crippen LogP contribution in [0.4, 0.5) is 0 Å². The van der Waals surface area contributed by atoms with Crippen molar-refractivity contribution in [2.24, 2.45) is 11.7 Å². The molecule has 3 atom stereocenters. The van der Waals surface area contributed by atoms with E-state index in [0.29, 0.717) is 19.5 Å². The molecule has 1 aromatic carbocycles. The third kappa shape index (κ3) is 5.91. The number of carbonyl (C=O) groups is 1. The number of nitrogens with two attached hydrogens (primary N) is 1. The van der Waals surface area contributed by atoms with E-state index in [1.165, 1.54) is 4.31 Å². The van der Waals surface area contributed by atoms with Crippen LogP contribution in [0.1, 0.15) is 58.1 Å². The number of carbonyl (C=O) groups excluding carboxylic acids is 1. The first-order chi connectivity index (χ1) is 12.3. The Morgan fingerprint density at radius 3 is 2.30 bits per heavy atom. The first-order valence-electron chi connectivity index (χ1n) is 9.44. The number of rotatable bonds is 8. The number of nitrogens with one attached hydrogen (secondary N) is 1. The van der Waals surface area contributed by atoms with E-state index in [4.69, 9.17) is 5.73 Å². The second-order valence-corrected chi connectivity index (χ2v) is 8.94. The molecule has 3 N–H and O–H groups in total. The third-order valence-corrected chi connectivity index (χ3v) is 7.33. The Morgan fingerprint density at radius 1 is 1.22 bits per heavy atom. The van der Waals surface area contributed by atoms with Crippen LogP contribution in [0.2, 0.25) is 0 Å². The van der Waals surface area contributed by atoms with Crippen LogP contribution in [0.3, 0.4) is 0 Å². The van der Waals surface area contributed by atoms with Gasteiger partial charge in [-0.25, -0.2) is 8.42 Å². The average Bonchev–Trinajstić information content (AvgIpc) is 3.00. The summed E-state index contributed by atoms with van der Waals surface area (Å²) in [6.07, 6.45) is 3.56. The number of nitrogens with zero attached hydrogens (tertiary/aromatic N) is 1. The maximum Gasteiger partial charge on any atom is 0.243 e. The lowest BCUT2D eigenvalue weighted by molar-refractivity contribution is -0.122. The number of sulfonamides is 1. The zero-order valence-corrected chi connectivity index (χ0v) is 18.0. The summed E-state index contributed by atoms with van der Waals surface area (Å²) < 4.78 is 26.5. The minimum atomic E-state index is -3.46. The molecule has 1 aliphatic rings. The Balaban J connectivity index is 0.00000364. The molecule has 154 valence electrons. The van der Waals surface area contributed by atoms with Crippen LogP contribution in [0.15, 0.2) is 29.2 Å². The van der Waals surface area contributed by atoms with Gasteiger partial charge in [0.05, 0.1) is 10.9 Å². The van der Waals surface area contributed by atoms with Gasteiger partial charge in [0.15, 0.2) is 0 Å². The molecule has 1 unspecified atom stereocenters. The maximum absolute atomic E-state index is 12.5. The molecule has 1 aliphatic carbocycles. The zero-order chi connectivity index (χ0) is 19.3. The van der Waals surface area contributed by atoms with Gasteiger partial charge in [0.2, 0.25) is 15.9 Å². The lowest BCUT2D eigenvalue weighted by atomic mass is 9.99. The SMILES string of the molecule is CCN(CC)S(=O)(=O)c1ccc(C(C)NC(=O)C[C@@H]2CCC[C@H]2N)cc1.Cl. The highest BCUT2D eigenvalue weighted by Gasteiger charge is 2.26. The highest BCUT2D eigenvalue weighted by Crippen LogP contribution is 2.27. The van der Waals surface area contributed by atoms with Crippen LogP contribution in [0.5, 0.6) is 0 Å². The molecule has 1 saturated carbocycles. The lowest BCUT2D eigenvalue weighted by Crippen LogP contribution is -2.33. The fourth-order valence-corrected chi connectivity index (χ4v) is 5.04. The Kier molecular flexibility index (Phi) is 9.21. The van der Waals surface area contributed by atoms with E-state index in [-0.39, 0.29) is 41.2 Å². The number of hydrogen-bond donors (Lipinski definition) is 2. The minimum absolute atomic E-state index is 0. The van der Waals surface area contributed by atoms with Crippen LogP contribution in [-0.2, 0) is 14.8 Å². The smallest absolute Gasteiger partial charge is 0.243 e. The van der Waals surface area contributed by atoms with Crippen LogP contribution in [-0.4, -0.2) is 37.8 Å². The molecule has 1 fully saturated rings. The van der Waals surface area contributed by atoms with Gasteiger partial charge in [0.1, 0.15) is 0 Å². The molecule has 0 aromatic heterocycles. The summed E-state index contributed by atoms with van der Waals surface area (Å²) in [6, 6.07) is 6.70. The summed E-state index contributed by atoms with van der Waals surface area (Å²) in [4.78, 5) is 12.5. The van der Waals surface area contributed by atoms with Crippen LogP contribution < -0.4 is 11.1 Å². The van der Waals surface area contributed by atoms with E-state index in [1.807, 2.05) is 20.8 Å². The normalized spacial score (nSPS) is 20.9. The van der Waals surface area contributed by atoms with Gasteiger partial charge >= 0.3 is 0 Å². The third-order valence-electron chi connectivity index (χ3n) is 5.27. The van der Waals surface area contributed by atoms with E-state index in [1.54, 1.807) is 24.3 Å². The van der Waals surface area contributed by atoms with Crippen molar-refractivity contribution < 1.29 is 13.2 Å². The maximum atomic E-state index is 12.5. The molecule has 1 amide bonds. The Labute approximate surface area is 169 Å². The molecule has 8 heteroatoms. The molecule has 1 aromatic rings. The van der Waals surface area contributed by atoms with Gasteiger partial charge in [-0.1, -0.05) is 32.4 Å². The van der Waals surface area contributed by atoms with Crippen molar-refractivity contribution in [3.05, 3.63) is 29.8 Å². The second kappa shape index (κ2) is 10.4. The number of amides is 1. The van der Waals surface area contributed by atoms with Crippen molar-refractivity contribution >= 4 is 28.3 Å². The molecule has 0 radical (unpaired) electrons. The first kappa shape index (κ1) is 23.9. The Hall–Kier alpha value is -1.15. The molecule has 0 bridgehead atoms. The summed E-state index contributed by atoms with van der Waals surface area (Å²) in [5.41, 5.74) is 6.91. The lowest BCUT2D eigenvalue weighted by Gasteiger charge is -2.20. The van der Waals surface area contributed by atoms with Crippen LogP contribution in [0, 0.1) is 5.92 Å². The van der Waals surface area contributed by atoms with Crippen molar-refractivity contribution in [1.29, 1.82) is 0 Å². The molecular formula is C19H32ClN3O3S. The highest BCUT2D eigenvalue weighted by molar-refractivity contribution is 7.89. The zero-order valence-electron chi connectivity index (χ0n) is 16.3. The molecule has 6 nitrogen and oxygen atoms in total. The summed E-state index contributed by atoms with van der Waals surface area (Å²) in [5.74, 6) is 0.267. The fraction of sp³-hybridized carbons (Fsp3) is 0.632. The Morgan fingerprint density at radius 2 is 1.81 bits per heavy atom. The molecule has 0 saturated heterocycles. The predicted molar refractivity (Wildman–Crippen MR) is 110 cm³/mol. The van der Waals surface area contributed by atoms with E-state index in [9.17, 15) is 13.2 Å².